The Hall–Kier alpha value is -0.310. The van der Waals surface area contributed by atoms with Gasteiger partial charge in [-0.25, -0.2) is 4.39 Å². The minimum atomic E-state index is -0.411. The predicted octanol–water partition coefficient (Wildman–Crippen LogP) is 3.75. The zero-order valence-corrected chi connectivity index (χ0v) is 9.88. The normalized spacial score (nSPS) is 9.36. The van der Waals surface area contributed by atoms with Gasteiger partial charge in [0.1, 0.15) is 5.82 Å². The molecule has 80 valence electrons. The number of benzene rings is 1. The van der Waals surface area contributed by atoms with Gasteiger partial charge < -0.3 is 5.11 Å². The highest BCUT2D eigenvalue weighted by atomic mass is 35.5. The second-order valence-electron chi connectivity index (χ2n) is 2.74. The molecule has 1 N–H and O–H groups in total. The molecule has 0 radical (unpaired) electrons. The van der Waals surface area contributed by atoms with Crippen molar-refractivity contribution in [2.24, 2.45) is 0 Å². The predicted molar refractivity (Wildman–Crippen MR) is 58.7 cm³/mol. The van der Waals surface area contributed by atoms with E-state index in [4.69, 9.17) is 28.3 Å². The molecule has 0 aliphatic rings. The lowest BCUT2D eigenvalue weighted by atomic mass is 10.1. The first-order chi connectivity index (χ1) is 6.45. The lowest BCUT2D eigenvalue weighted by Gasteiger charge is -2.04. The largest absolute Gasteiger partial charge is 0.397 e. The molecule has 14 heavy (non-hydrogen) atoms. The molecule has 0 saturated heterocycles. The van der Waals surface area contributed by atoms with E-state index >= 15 is 0 Å². The molecule has 1 aromatic rings. The number of aryl methyl sites for hydroxylation is 1. The van der Waals surface area contributed by atoms with Crippen LogP contribution in [-0.4, -0.2) is 11.7 Å². The fourth-order valence-corrected chi connectivity index (χ4v) is 1.23. The van der Waals surface area contributed by atoms with Crippen LogP contribution in [0.3, 0.4) is 0 Å². The van der Waals surface area contributed by atoms with Crippen molar-refractivity contribution >= 4 is 23.2 Å². The van der Waals surface area contributed by atoms with Crippen LogP contribution in [0.15, 0.2) is 6.07 Å². The Morgan fingerprint density at radius 1 is 1.29 bits per heavy atom. The fourth-order valence-electron chi connectivity index (χ4n) is 0.888. The fraction of sp³-hybridized carbons (Fsp3) is 0.400. The molecule has 0 amide bonds. The highest BCUT2D eigenvalue weighted by Gasteiger charge is 2.08. The van der Waals surface area contributed by atoms with Gasteiger partial charge in [0.15, 0.2) is 0 Å². The molecule has 1 nitrogen and oxygen atoms in total. The molecule has 1 aromatic carbocycles. The monoisotopic (exact) mass is 238 g/mol. The van der Waals surface area contributed by atoms with Crippen LogP contribution in [-0.2, 0) is 0 Å². The second-order valence-corrected chi connectivity index (χ2v) is 3.50. The summed E-state index contributed by atoms with van der Waals surface area (Å²) in [6.45, 7) is 5.37. The first kappa shape index (κ1) is 13.7. The summed E-state index contributed by atoms with van der Waals surface area (Å²) in [5.41, 5.74) is 1.32. The van der Waals surface area contributed by atoms with Gasteiger partial charge in [0.05, 0.1) is 5.02 Å². The van der Waals surface area contributed by atoms with E-state index in [1.807, 2.05) is 0 Å². The molecular formula is C10H13Cl2FO. The molecule has 0 aromatic heterocycles. The van der Waals surface area contributed by atoms with E-state index < -0.39 is 5.82 Å². The summed E-state index contributed by atoms with van der Waals surface area (Å²) in [5, 5.41) is 8.22. The Kier molecular flexibility index (Phi) is 6.09. The molecule has 0 aliphatic carbocycles. The van der Waals surface area contributed by atoms with Gasteiger partial charge in [-0.2, -0.15) is 0 Å². The molecule has 0 bridgehead atoms. The highest BCUT2D eigenvalue weighted by Crippen LogP contribution is 2.29. The van der Waals surface area contributed by atoms with Crippen LogP contribution in [0.1, 0.15) is 18.1 Å². The van der Waals surface area contributed by atoms with Crippen LogP contribution in [0.5, 0.6) is 0 Å². The van der Waals surface area contributed by atoms with Crippen molar-refractivity contribution in [1.82, 2.24) is 0 Å². The smallest absolute Gasteiger partial charge is 0.142 e. The third-order valence-corrected chi connectivity index (χ3v) is 2.60. The van der Waals surface area contributed by atoms with Crippen LogP contribution >= 0.6 is 23.2 Å². The van der Waals surface area contributed by atoms with Gasteiger partial charge >= 0.3 is 0 Å². The van der Waals surface area contributed by atoms with Crippen molar-refractivity contribution in [3.63, 3.8) is 0 Å². The van der Waals surface area contributed by atoms with Gasteiger partial charge in [0.2, 0.25) is 0 Å². The molecule has 0 atom stereocenters. The SMILES string of the molecule is CCO.Cc1cc(F)c(Cl)c(C)c1Cl. The third-order valence-electron chi connectivity index (χ3n) is 1.56. The van der Waals surface area contributed by atoms with E-state index in [0.717, 1.165) is 0 Å². The standard InChI is InChI=1S/C8H7Cl2F.C2H6O/c1-4-3-6(11)8(10)5(2)7(4)9;1-2-3/h3H,1-2H3;3H,2H2,1H3. The summed E-state index contributed by atoms with van der Waals surface area (Å²) in [6, 6.07) is 1.33. The van der Waals surface area contributed by atoms with Crippen LogP contribution in [0.4, 0.5) is 4.39 Å². The minimum absolute atomic E-state index is 0.112. The minimum Gasteiger partial charge on any atom is -0.397 e. The summed E-state index contributed by atoms with van der Waals surface area (Å²) in [4.78, 5) is 0. The third kappa shape index (κ3) is 3.45. The number of aliphatic hydroxyl groups excluding tert-OH is 1. The molecule has 0 spiro atoms. The van der Waals surface area contributed by atoms with Gasteiger partial charge in [-0.05, 0) is 38.0 Å². The topological polar surface area (TPSA) is 20.2 Å². The maximum atomic E-state index is 12.8. The molecule has 0 fully saturated rings. The lowest BCUT2D eigenvalue weighted by Crippen LogP contribution is -1.87. The van der Waals surface area contributed by atoms with Crippen molar-refractivity contribution in [2.45, 2.75) is 20.8 Å². The van der Waals surface area contributed by atoms with E-state index in [0.29, 0.717) is 16.1 Å². The van der Waals surface area contributed by atoms with Crippen molar-refractivity contribution in [3.05, 3.63) is 33.1 Å². The van der Waals surface area contributed by atoms with Gasteiger partial charge in [0, 0.05) is 11.6 Å². The number of hydrogen-bond acceptors (Lipinski definition) is 1. The molecule has 0 heterocycles. The van der Waals surface area contributed by atoms with Crippen LogP contribution in [0, 0.1) is 19.7 Å². The van der Waals surface area contributed by atoms with Crippen molar-refractivity contribution in [2.75, 3.05) is 6.61 Å². The van der Waals surface area contributed by atoms with Gasteiger partial charge in [-0.3, -0.25) is 0 Å². The first-order valence-corrected chi connectivity index (χ1v) is 4.92. The molecular weight excluding hydrogens is 226 g/mol. The molecule has 0 unspecified atom stereocenters. The summed E-state index contributed by atoms with van der Waals surface area (Å²) in [7, 11) is 0. The Morgan fingerprint density at radius 3 is 2.14 bits per heavy atom. The maximum Gasteiger partial charge on any atom is 0.142 e. The summed E-state index contributed by atoms with van der Waals surface area (Å²) < 4.78 is 12.8. The van der Waals surface area contributed by atoms with Crippen molar-refractivity contribution in [3.8, 4) is 0 Å². The molecule has 1 rings (SSSR count). The maximum absolute atomic E-state index is 12.8. The quantitative estimate of drug-likeness (QED) is 0.683. The second kappa shape index (κ2) is 6.23. The summed E-state index contributed by atoms with van der Waals surface area (Å²) in [5.74, 6) is -0.411. The lowest BCUT2D eigenvalue weighted by molar-refractivity contribution is 0.318. The van der Waals surface area contributed by atoms with Crippen LogP contribution < -0.4 is 0 Å². The zero-order chi connectivity index (χ0) is 11.3. The van der Waals surface area contributed by atoms with Crippen molar-refractivity contribution < 1.29 is 9.50 Å². The Labute approximate surface area is 93.5 Å². The average molecular weight is 239 g/mol. The Morgan fingerprint density at radius 2 is 1.71 bits per heavy atom. The van der Waals surface area contributed by atoms with Crippen LogP contribution in [0.2, 0.25) is 10.0 Å². The highest BCUT2D eigenvalue weighted by molar-refractivity contribution is 6.36. The van der Waals surface area contributed by atoms with E-state index in [-0.39, 0.29) is 11.6 Å². The van der Waals surface area contributed by atoms with Crippen molar-refractivity contribution in [1.29, 1.82) is 0 Å². The molecule has 0 aliphatic heterocycles. The van der Waals surface area contributed by atoms with E-state index in [1.165, 1.54) is 6.07 Å². The summed E-state index contributed by atoms with van der Waals surface area (Å²) >= 11 is 11.4. The zero-order valence-electron chi connectivity index (χ0n) is 8.37. The van der Waals surface area contributed by atoms with Gasteiger partial charge in [-0.1, -0.05) is 23.2 Å². The number of halogens is 3. The summed E-state index contributed by atoms with van der Waals surface area (Å²) in [6.07, 6.45) is 0. The van der Waals surface area contributed by atoms with E-state index in [2.05, 4.69) is 0 Å². The number of aliphatic hydroxyl groups is 1. The molecule has 0 saturated carbocycles. The number of rotatable bonds is 0. The number of hydrogen-bond donors (Lipinski definition) is 1. The Bertz CT molecular complexity index is 287. The van der Waals surface area contributed by atoms with E-state index in [9.17, 15) is 4.39 Å². The molecule has 4 heteroatoms. The average Bonchev–Trinajstić information content (AvgIpc) is 2.13. The van der Waals surface area contributed by atoms with Gasteiger partial charge in [-0.15, -0.1) is 0 Å². The Balaban J connectivity index is 0.000000500. The van der Waals surface area contributed by atoms with Gasteiger partial charge in [0.25, 0.3) is 0 Å². The van der Waals surface area contributed by atoms with Crippen LogP contribution in [0.25, 0.3) is 0 Å². The first-order valence-electron chi connectivity index (χ1n) is 4.17. The van der Waals surface area contributed by atoms with E-state index in [1.54, 1.807) is 20.8 Å².